The first-order valence-corrected chi connectivity index (χ1v) is 9.91. The van der Waals surface area contributed by atoms with E-state index in [4.69, 9.17) is 4.74 Å². The minimum absolute atomic E-state index is 0.0584. The molecule has 1 saturated heterocycles. The number of piperazine rings is 1. The van der Waals surface area contributed by atoms with Crippen LogP contribution in [-0.2, 0) is 6.42 Å². The van der Waals surface area contributed by atoms with Crippen LogP contribution in [0.3, 0.4) is 0 Å². The normalized spacial score (nSPS) is 16.3. The molecule has 0 radical (unpaired) electrons. The summed E-state index contributed by atoms with van der Waals surface area (Å²) in [6.07, 6.45) is 2.51. The van der Waals surface area contributed by atoms with Gasteiger partial charge in [-0.2, -0.15) is 0 Å². The topological polar surface area (TPSA) is 70.6 Å². The standard InChI is InChI=1S/C19H19N5O2S/c25-19(22-14-1-2-16-13(11-14)3-9-26-16)24-7-5-23(6-8-24)17-15-4-10-27-18(15)21-12-20-17/h1-2,4,10-12H,3,5-9H2,(H,22,25). The van der Waals surface area contributed by atoms with Crippen molar-refractivity contribution in [1.82, 2.24) is 14.9 Å². The summed E-state index contributed by atoms with van der Waals surface area (Å²) in [6, 6.07) is 7.83. The predicted octanol–water partition coefficient (Wildman–Crippen LogP) is 2.98. The molecule has 2 aliphatic heterocycles. The van der Waals surface area contributed by atoms with Gasteiger partial charge in [-0.15, -0.1) is 11.3 Å². The number of aromatic nitrogens is 2. The lowest BCUT2D eigenvalue weighted by Crippen LogP contribution is -2.50. The lowest BCUT2D eigenvalue weighted by molar-refractivity contribution is 0.208. The molecule has 0 spiro atoms. The Morgan fingerprint density at radius 3 is 2.93 bits per heavy atom. The number of urea groups is 1. The van der Waals surface area contributed by atoms with Crippen LogP contribution in [0.4, 0.5) is 16.3 Å². The number of nitrogens with zero attached hydrogens (tertiary/aromatic N) is 4. The average molecular weight is 381 g/mol. The zero-order valence-electron chi connectivity index (χ0n) is 14.7. The van der Waals surface area contributed by atoms with Gasteiger partial charge in [0.05, 0.1) is 12.0 Å². The molecule has 0 bridgehead atoms. The van der Waals surface area contributed by atoms with Gasteiger partial charge in [0.15, 0.2) is 0 Å². The van der Waals surface area contributed by atoms with E-state index in [9.17, 15) is 4.79 Å². The highest BCUT2D eigenvalue weighted by Gasteiger charge is 2.24. The second kappa shape index (κ2) is 6.70. The lowest BCUT2D eigenvalue weighted by atomic mass is 10.1. The molecule has 8 heteroatoms. The van der Waals surface area contributed by atoms with Crippen LogP contribution in [0.2, 0.25) is 0 Å². The van der Waals surface area contributed by atoms with Gasteiger partial charge >= 0.3 is 6.03 Å². The molecule has 0 unspecified atom stereocenters. The zero-order chi connectivity index (χ0) is 18.2. The molecule has 27 heavy (non-hydrogen) atoms. The lowest BCUT2D eigenvalue weighted by Gasteiger charge is -2.35. The van der Waals surface area contributed by atoms with Gasteiger partial charge in [-0.05, 0) is 35.2 Å². The fourth-order valence-corrected chi connectivity index (χ4v) is 4.34. The quantitative estimate of drug-likeness (QED) is 0.739. The second-order valence-electron chi connectivity index (χ2n) is 6.66. The molecule has 2 amide bonds. The molecule has 7 nitrogen and oxygen atoms in total. The van der Waals surface area contributed by atoms with E-state index in [1.807, 2.05) is 28.5 Å². The predicted molar refractivity (Wildman–Crippen MR) is 106 cm³/mol. The molecule has 1 aromatic carbocycles. The van der Waals surface area contributed by atoms with Crippen LogP contribution in [0.5, 0.6) is 5.75 Å². The number of fused-ring (bicyclic) bond motifs is 2. The Hall–Kier alpha value is -2.87. The van der Waals surface area contributed by atoms with E-state index in [1.54, 1.807) is 17.7 Å². The van der Waals surface area contributed by atoms with Crippen LogP contribution in [-0.4, -0.2) is 53.7 Å². The first-order chi connectivity index (χ1) is 13.3. The molecule has 138 valence electrons. The van der Waals surface area contributed by atoms with E-state index in [-0.39, 0.29) is 6.03 Å². The van der Waals surface area contributed by atoms with Crippen molar-refractivity contribution in [2.24, 2.45) is 0 Å². The van der Waals surface area contributed by atoms with Crippen LogP contribution >= 0.6 is 11.3 Å². The van der Waals surface area contributed by atoms with E-state index in [1.165, 1.54) is 0 Å². The Labute approximate surface area is 160 Å². The molecular formula is C19H19N5O2S. The monoisotopic (exact) mass is 381 g/mol. The van der Waals surface area contributed by atoms with Crippen molar-refractivity contribution in [3.8, 4) is 5.75 Å². The van der Waals surface area contributed by atoms with E-state index in [0.29, 0.717) is 13.1 Å². The van der Waals surface area contributed by atoms with Crippen LogP contribution in [0.1, 0.15) is 5.56 Å². The maximum absolute atomic E-state index is 12.6. The SMILES string of the molecule is O=C(Nc1ccc2c(c1)CCO2)N1CCN(c2ncnc3sccc23)CC1. The average Bonchev–Trinajstić information content (AvgIpc) is 3.36. The van der Waals surface area contributed by atoms with Crippen LogP contribution in [0.15, 0.2) is 36.0 Å². The maximum Gasteiger partial charge on any atom is 0.321 e. The molecule has 5 rings (SSSR count). The summed E-state index contributed by atoms with van der Waals surface area (Å²) in [5.74, 6) is 1.88. The van der Waals surface area contributed by atoms with Gasteiger partial charge in [-0.25, -0.2) is 14.8 Å². The first-order valence-electron chi connectivity index (χ1n) is 9.03. The molecule has 1 N–H and O–H groups in total. The molecule has 0 atom stereocenters. The van der Waals surface area contributed by atoms with Crippen molar-refractivity contribution in [2.75, 3.05) is 43.0 Å². The van der Waals surface area contributed by atoms with Gasteiger partial charge in [0, 0.05) is 38.3 Å². The number of amides is 2. The van der Waals surface area contributed by atoms with Crippen LogP contribution < -0.4 is 15.0 Å². The van der Waals surface area contributed by atoms with Gasteiger partial charge in [0.25, 0.3) is 0 Å². The summed E-state index contributed by atoms with van der Waals surface area (Å²) >= 11 is 1.62. The van der Waals surface area contributed by atoms with Crippen LogP contribution in [0, 0.1) is 0 Å². The number of nitrogens with one attached hydrogen (secondary N) is 1. The number of hydrogen-bond acceptors (Lipinski definition) is 6. The van der Waals surface area contributed by atoms with Crippen molar-refractivity contribution >= 4 is 39.1 Å². The summed E-state index contributed by atoms with van der Waals surface area (Å²) in [4.78, 5) is 26.5. The highest BCUT2D eigenvalue weighted by atomic mass is 32.1. The van der Waals surface area contributed by atoms with Crippen molar-refractivity contribution in [2.45, 2.75) is 6.42 Å². The highest BCUT2D eigenvalue weighted by molar-refractivity contribution is 7.16. The number of ether oxygens (including phenoxy) is 1. The zero-order valence-corrected chi connectivity index (χ0v) is 15.5. The minimum atomic E-state index is -0.0584. The van der Waals surface area contributed by atoms with Gasteiger partial charge in [-0.1, -0.05) is 0 Å². The number of carbonyl (C=O) groups is 1. The third-order valence-electron chi connectivity index (χ3n) is 5.05. The summed E-state index contributed by atoms with van der Waals surface area (Å²) in [7, 11) is 0. The molecule has 2 aromatic heterocycles. The van der Waals surface area contributed by atoms with Crippen molar-refractivity contribution in [3.05, 3.63) is 41.5 Å². The van der Waals surface area contributed by atoms with Gasteiger partial charge in [0.1, 0.15) is 22.7 Å². The van der Waals surface area contributed by atoms with Crippen molar-refractivity contribution < 1.29 is 9.53 Å². The van der Waals surface area contributed by atoms with Crippen LogP contribution in [0.25, 0.3) is 10.2 Å². The fourth-order valence-electron chi connectivity index (χ4n) is 3.62. The van der Waals surface area contributed by atoms with E-state index in [2.05, 4.69) is 26.3 Å². The smallest absolute Gasteiger partial charge is 0.321 e. The number of anilines is 2. The summed E-state index contributed by atoms with van der Waals surface area (Å²) in [6.45, 7) is 3.56. The number of thiophene rings is 1. The molecule has 0 aliphatic carbocycles. The third-order valence-corrected chi connectivity index (χ3v) is 5.87. The van der Waals surface area contributed by atoms with E-state index < -0.39 is 0 Å². The van der Waals surface area contributed by atoms with Crippen molar-refractivity contribution in [3.63, 3.8) is 0 Å². The number of carbonyl (C=O) groups excluding carboxylic acids is 1. The second-order valence-corrected chi connectivity index (χ2v) is 7.56. The third kappa shape index (κ3) is 3.06. The molecule has 4 heterocycles. The number of hydrogen-bond donors (Lipinski definition) is 1. The Bertz CT molecular complexity index is 997. The largest absolute Gasteiger partial charge is 0.493 e. The highest BCUT2D eigenvalue weighted by Crippen LogP contribution is 2.29. The maximum atomic E-state index is 12.6. The fraction of sp³-hybridized carbons (Fsp3) is 0.316. The number of benzene rings is 1. The Kier molecular flexibility index (Phi) is 4.05. The number of rotatable bonds is 2. The van der Waals surface area contributed by atoms with Gasteiger partial charge in [0.2, 0.25) is 0 Å². The molecule has 0 saturated carbocycles. The Morgan fingerprint density at radius 2 is 2.04 bits per heavy atom. The molecule has 2 aliphatic rings. The first kappa shape index (κ1) is 16.3. The van der Waals surface area contributed by atoms with E-state index >= 15 is 0 Å². The molecular weight excluding hydrogens is 362 g/mol. The molecule has 1 fully saturated rings. The summed E-state index contributed by atoms with van der Waals surface area (Å²) < 4.78 is 5.51. The van der Waals surface area contributed by atoms with Gasteiger partial charge < -0.3 is 19.9 Å². The Morgan fingerprint density at radius 1 is 1.15 bits per heavy atom. The van der Waals surface area contributed by atoms with Crippen molar-refractivity contribution in [1.29, 1.82) is 0 Å². The van der Waals surface area contributed by atoms with E-state index in [0.717, 1.165) is 59.2 Å². The minimum Gasteiger partial charge on any atom is -0.493 e. The summed E-state index contributed by atoms with van der Waals surface area (Å²) in [5, 5.41) is 6.13. The summed E-state index contributed by atoms with van der Waals surface area (Å²) in [5.41, 5.74) is 1.98. The molecule has 3 aromatic rings. The Balaban J connectivity index is 1.24. The van der Waals surface area contributed by atoms with Gasteiger partial charge in [-0.3, -0.25) is 0 Å².